The van der Waals surface area contributed by atoms with E-state index in [1.165, 1.54) is 29.4 Å². The van der Waals surface area contributed by atoms with Crippen LogP contribution in [0, 0.1) is 0 Å². The van der Waals surface area contributed by atoms with Gasteiger partial charge in [0.15, 0.2) is 0 Å². The van der Waals surface area contributed by atoms with E-state index in [2.05, 4.69) is 35.6 Å². The van der Waals surface area contributed by atoms with Gasteiger partial charge in [0.1, 0.15) is 5.75 Å². The number of anilines is 1. The summed E-state index contributed by atoms with van der Waals surface area (Å²) in [4.78, 5) is 12.6. The van der Waals surface area contributed by atoms with Gasteiger partial charge in [-0.15, -0.1) is 0 Å². The first-order chi connectivity index (χ1) is 12.2. The summed E-state index contributed by atoms with van der Waals surface area (Å²) in [6.07, 6.45) is 0.885. The van der Waals surface area contributed by atoms with Crippen LogP contribution in [-0.4, -0.2) is 13.0 Å². The molecule has 0 saturated heterocycles. The Hall–Kier alpha value is -2.78. The predicted molar refractivity (Wildman–Crippen MR) is 101 cm³/mol. The lowest BCUT2D eigenvalue weighted by Crippen LogP contribution is -2.13. The molecule has 1 amide bonds. The number of methoxy groups -OCH3 is 1. The highest BCUT2D eigenvalue weighted by atomic mass is 35.5. The second-order valence-corrected chi connectivity index (χ2v) is 6.44. The van der Waals surface area contributed by atoms with E-state index >= 15 is 0 Å². The number of carbonyl (C=O) groups excluding carboxylic acids is 1. The molecule has 1 aliphatic rings. The third kappa shape index (κ3) is 2.87. The second-order valence-electron chi connectivity index (χ2n) is 6.00. The van der Waals surface area contributed by atoms with E-state index in [-0.39, 0.29) is 5.91 Å². The number of benzene rings is 3. The molecule has 0 heterocycles. The molecule has 0 saturated carbocycles. The lowest BCUT2D eigenvalue weighted by molar-refractivity contribution is 0.102. The van der Waals surface area contributed by atoms with Crippen molar-refractivity contribution in [2.24, 2.45) is 0 Å². The molecule has 0 aromatic heterocycles. The summed E-state index contributed by atoms with van der Waals surface area (Å²) in [5.41, 5.74) is 6.22. The summed E-state index contributed by atoms with van der Waals surface area (Å²) in [6.45, 7) is 0. The summed E-state index contributed by atoms with van der Waals surface area (Å²) in [7, 11) is 1.53. The van der Waals surface area contributed by atoms with Crippen LogP contribution in [-0.2, 0) is 6.42 Å². The van der Waals surface area contributed by atoms with Crippen molar-refractivity contribution in [3.8, 4) is 16.9 Å². The van der Waals surface area contributed by atoms with Crippen molar-refractivity contribution in [2.75, 3.05) is 12.4 Å². The zero-order valence-corrected chi connectivity index (χ0v) is 14.4. The smallest absolute Gasteiger partial charge is 0.259 e. The number of ether oxygens (including phenoxy) is 1. The number of rotatable bonds is 3. The second kappa shape index (κ2) is 6.26. The molecule has 0 aliphatic heterocycles. The first-order valence-electron chi connectivity index (χ1n) is 8.02. The van der Waals surface area contributed by atoms with E-state index in [4.69, 9.17) is 16.3 Å². The molecular weight excluding hydrogens is 334 g/mol. The standard InChI is InChI=1S/C21H16ClNO2/c1-25-20-9-6-15(22)12-19(20)21(24)23-16-7-8-18-14(11-16)10-13-4-2-3-5-17(13)18/h2-9,11-12H,10H2,1H3,(H,23,24). The maximum Gasteiger partial charge on any atom is 0.259 e. The Kier molecular flexibility index (Phi) is 3.94. The SMILES string of the molecule is COc1ccc(Cl)cc1C(=O)Nc1ccc2c(c1)Cc1ccccc1-2. The summed E-state index contributed by atoms with van der Waals surface area (Å²) < 4.78 is 5.26. The molecule has 3 aromatic rings. The number of halogens is 1. The van der Waals surface area contributed by atoms with Crippen LogP contribution < -0.4 is 10.1 Å². The zero-order chi connectivity index (χ0) is 17.4. The molecule has 0 radical (unpaired) electrons. The van der Waals surface area contributed by atoms with Crippen LogP contribution in [0.4, 0.5) is 5.69 Å². The van der Waals surface area contributed by atoms with Gasteiger partial charge in [-0.05, 0) is 59.0 Å². The van der Waals surface area contributed by atoms with Crippen molar-refractivity contribution in [1.82, 2.24) is 0 Å². The molecule has 0 spiro atoms. The molecule has 3 aromatic carbocycles. The molecule has 0 unspecified atom stereocenters. The minimum absolute atomic E-state index is 0.241. The largest absolute Gasteiger partial charge is 0.496 e. The predicted octanol–water partition coefficient (Wildman–Crippen LogP) is 5.17. The summed E-state index contributed by atoms with van der Waals surface area (Å²) in [5, 5.41) is 3.43. The van der Waals surface area contributed by atoms with Crippen molar-refractivity contribution < 1.29 is 9.53 Å². The molecule has 124 valence electrons. The maximum atomic E-state index is 12.6. The summed E-state index contributed by atoms with van der Waals surface area (Å²) in [6, 6.07) is 19.4. The van der Waals surface area contributed by atoms with Gasteiger partial charge in [-0.25, -0.2) is 0 Å². The van der Waals surface area contributed by atoms with Gasteiger partial charge < -0.3 is 10.1 Å². The van der Waals surface area contributed by atoms with Crippen LogP contribution in [0.25, 0.3) is 11.1 Å². The van der Waals surface area contributed by atoms with Crippen LogP contribution in [0.1, 0.15) is 21.5 Å². The Morgan fingerprint density at radius 3 is 2.64 bits per heavy atom. The normalized spacial score (nSPS) is 11.6. The first kappa shape index (κ1) is 15.7. The third-order valence-corrected chi connectivity index (χ3v) is 4.69. The van der Waals surface area contributed by atoms with Gasteiger partial charge in [0.25, 0.3) is 5.91 Å². The summed E-state index contributed by atoms with van der Waals surface area (Å²) in [5.74, 6) is 0.255. The average molecular weight is 350 g/mol. The first-order valence-corrected chi connectivity index (χ1v) is 8.39. The monoisotopic (exact) mass is 349 g/mol. The Labute approximate surface area is 151 Å². The zero-order valence-electron chi connectivity index (χ0n) is 13.7. The number of hydrogen-bond acceptors (Lipinski definition) is 2. The number of fused-ring (bicyclic) bond motifs is 3. The quantitative estimate of drug-likeness (QED) is 0.554. The fourth-order valence-corrected chi connectivity index (χ4v) is 3.45. The minimum Gasteiger partial charge on any atom is -0.496 e. The van der Waals surface area contributed by atoms with Crippen molar-refractivity contribution >= 4 is 23.2 Å². The van der Waals surface area contributed by atoms with Gasteiger partial charge in [0, 0.05) is 10.7 Å². The number of hydrogen-bond donors (Lipinski definition) is 1. The fraction of sp³-hybridized carbons (Fsp3) is 0.0952. The van der Waals surface area contributed by atoms with Crippen LogP contribution in [0.2, 0.25) is 5.02 Å². The van der Waals surface area contributed by atoms with Crippen molar-refractivity contribution in [3.63, 3.8) is 0 Å². The van der Waals surface area contributed by atoms with Crippen LogP contribution in [0.15, 0.2) is 60.7 Å². The lowest BCUT2D eigenvalue weighted by Gasteiger charge is -2.11. The maximum absolute atomic E-state index is 12.6. The number of amides is 1. The molecule has 4 heteroatoms. The molecule has 0 atom stereocenters. The Morgan fingerprint density at radius 1 is 1.00 bits per heavy atom. The molecule has 4 rings (SSSR count). The van der Waals surface area contributed by atoms with Gasteiger partial charge in [-0.3, -0.25) is 4.79 Å². The molecule has 0 fully saturated rings. The van der Waals surface area contributed by atoms with E-state index in [1.807, 2.05) is 12.1 Å². The van der Waals surface area contributed by atoms with Gasteiger partial charge in [0.2, 0.25) is 0 Å². The fourth-order valence-electron chi connectivity index (χ4n) is 3.28. The van der Waals surface area contributed by atoms with E-state index < -0.39 is 0 Å². The molecule has 25 heavy (non-hydrogen) atoms. The van der Waals surface area contributed by atoms with Gasteiger partial charge in [-0.2, -0.15) is 0 Å². The molecule has 1 aliphatic carbocycles. The topological polar surface area (TPSA) is 38.3 Å². The summed E-state index contributed by atoms with van der Waals surface area (Å²) >= 11 is 6.01. The molecule has 3 nitrogen and oxygen atoms in total. The minimum atomic E-state index is -0.241. The van der Waals surface area contributed by atoms with Gasteiger partial charge >= 0.3 is 0 Å². The van der Waals surface area contributed by atoms with E-state index in [1.54, 1.807) is 18.2 Å². The Bertz CT molecular complexity index is 981. The van der Waals surface area contributed by atoms with E-state index in [0.29, 0.717) is 16.3 Å². The lowest BCUT2D eigenvalue weighted by atomic mass is 10.1. The molecule has 1 N–H and O–H groups in total. The van der Waals surface area contributed by atoms with E-state index in [9.17, 15) is 4.79 Å². The average Bonchev–Trinajstić information content (AvgIpc) is 2.99. The number of nitrogens with one attached hydrogen (secondary N) is 1. The third-order valence-electron chi connectivity index (χ3n) is 4.46. The Balaban J connectivity index is 1.62. The highest BCUT2D eigenvalue weighted by Crippen LogP contribution is 2.37. The molecule has 0 bridgehead atoms. The number of carbonyl (C=O) groups is 1. The van der Waals surface area contributed by atoms with Crippen LogP contribution in [0.3, 0.4) is 0 Å². The highest BCUT2D eigenvalue weighted by Gasteiger charge is 2.19. The Morgan fingerprint density at radius 2 is 1.80 bits per heavy atom. The van der Waals surface area contributed by atoms with Crippen LogP contribution >= 0.6 is 11.6 Å². The van der Waals surface area contributed by atoms with E-state index in [0.717, 1.165) is 12.1 Å². The van der Waals surface area contributed by atoms with Gasteiger partial charge in [-0.1, -0.05) is 41.9 Å². The van der Waals surface area contributed by atoms with Crippen LogP contribution in [0.5, 0.6) is 5.75 Å². The van der Waals surface area contributed by atoms with Crippen molar-refractivity contribution in [1.29, 1.82) is 0 Å². The molecular formula is C21H16ClNO2. The van der Waals surface area contributed by atoms with Crippen molar-refractivity contribution in [3.05, 3.63) is 82.4 Å². The van der Waals surface area contributed by atoms with Gasteiger partial charge in [0.05, 0.1) is 12.7 Å². The highest BCUT2D eigenvalue weighted by molar-refractivity contribution is 6.31. The van der Waals surface area contributed by atoms with Crippen molar-refractivity contribution in [2.45, 2.75) is 6.42 Å².